The molecule has 0 aliphatic heterocycles. The molecule has 0 saturated carbocycles. The lowest BCUT2D eigenvalue weighted by molar-refractivity contribution is -0.171. The Labute approximate surface area is 162 Å². The van der Waals surface area contributed by atoms with Gasteiger partial charge in [0.15, 0.2) is 5.41 Å². The predicted octanol–water partition coefficient (Wildman–Crippen LogP) is 2.60. The molecule has 0 saturated heterocycles. The van der Waals surface area contributed by atoms with E-state index in [4.69, 9.17) is 9.47 Å². The molecule has 146 valence electrons. The first-order valence-electron chi connectivity index (χ1n) is 8.38. The van der Waals surface area contributed by atoms with Gasteiger partial charge in [-0.3, -0.25) is 9.59 Å². The van der Waals surface area contributed by atoms with Gasteiger partial charge in [-0.25, -0.2) is 0 Å². The summed E-state index contributed by atoms with van der Waals surface area (Å²) in [5.74, 6) is -1.41. The Bertz CT molecular complexity index is 637. The summed E-state index contributed by atoms with van der Waals surface area (Å²) in [6.45, 7) is 4.60. The lowest BCUT2D eigenvalue weighted by Gasteiger charge is -2.33. The Kier molecular flexibility index (Phi) is 8.24. The second-order valence-electron chi connectivity index (χ2n) is 6.99. The van der Waals surface area contributed by atoms with Gasteiger partial charge < -0.3 is 19.7 Å². The summed E-state index contributed by atoms with van der Waals surface area (Å²) in [5, 5.41) is 19.6. The molecule has 0 radical (unpaired) electrons. The second-order valence-corrected chi connectivity index (χ2v) is 7.78. The molecule has 0 aliphatic rings. The minimum atomic E-state index is -1.65. The van der Waals surface area contributed by atoms with Crippen molar-refractivity contribution in [2.24, 2.45) is 0 Å². The number of carbonyl (C=O) groups is 2. The maximum Gasteiger partial charge on any atom is 0.328 e. The molecule has 1 atom stereocenters. The largest absolute Gasteiger partial charge is 0.468 e. The van der Waals surface area contributed by atoms with Crippen molar-refractivity contribution in [3.63, 3.8) is 0 Å². The Morgan fingerprint density at radius 2 is 1.69 bits per heavy atom. The maximum absolute atomic E-state index is 13.1. The van der Waals surface area contributed by atoms with E-state index in [-0.39, 0.29) is 19.6 Å². The van der Waals surface area contributed by atoms with Crippen LogP contribution in [-0.4, -0.2) is 40.2 Å². The highest BCUT2D eigenvalue weighted by Gasteiger charge is 2.51. The first kappa shape index (κ1) is 22.6. The Morgan fingerprint density at radius 1 is 1.08 bits per heavy atom. The van der Waals surface area contributed by atoms with Crippen LogP contribution in [0.4, 0.5) is 0 Å². The number of halogens is 1. The van der Waals surface area contributed by atoms with Crippen molar-refractivity contribution in [3.8, 4) is 0 Å². The molecule has 1 rings (SSSR count). The third-order valence-electron chi connectivity index (χ3n) is 4.01. The average Bonchev–Trinajstić information content (AvgIpc) is 2.60. The van der Waals surface area contributed by atoms with Crippen LogP contribution >= 0.6 is 15.9 Å². The van der Waals surface area contributed by atoms with Crippen molar-refractivity contribution in [3.05, 3.63) is 34.9 Å². The summed E-state index contributed by atoms with van der Waals surface area (Å²) in [5.41, 5.74) is -1.08. The molecule has 0 aromatic heterocycles. The standard InChI is InChI=1S/C19H27BrO6/c1-18(2,3)26-17(24)19(8-5-9-20,16(23)25-4)15-7-6-13(11-21)14(10-15)12-22/h6-7,10,21-22H,5,8-9,11-12H2,1-4H3. The van der Waals surface area contributed by atoms with E-state index in [2.05, 4.69) is 15.9 Å². The van der Waals surface area contributed by atoms with Gasteiger partial charge in [0.2, 0.25) is 0 Å². The van der Waals surface area contributed by atoms with Crippen LogP contribution in [0.15, 0.2) is 18.2 Å². The summed E-state index contributed by atoms with van der Waals surface area (Å²) in [6, 6.07) is 4.75. The summed E-state index contributed by atoms with van der Waals surface area (Å²) in [7, 11) is 1.23. The highest BCUT2D eigenvalue weighted by molar-refractivity contribution is 9.09. The van der Waals surface area contributed by atoms with Gasteiger partial charge >= 0.3 is 11.9 Å². The van der Waals surface area contributed by atoms with Gasteiger partial charge in [0, 0.05) is 5.33 Å². The van der Waals surface area contributed by atoms with Crippen LogP contribution in [0.2, 0.25) is 0 Å². The third-order valence-corrected chi connectivity index (χ3v) is 4.57. The number of hydrogen-bond donors (Lipinski definition) is 2. The normalized spacial score (nSPS) is 13.8. The van der Waals surface area contributed by atoms with E-state index in [1.807, 2.05) is 0 Å². The Hall–Kier alpha value is -1.44. The summed E-state index contributed by atoms with van der Waals surface area (Å²) in [6.07, 6.45) is 0.716. The molecule has 0 bridgehead atoms. The fourth-order valence-corrected chi connectivity index (χ4v) is 3.01. The van der Waals surface area contributed by atoms with Crippen LogP contribution in [-0.2, 0) is 37.7 Å². The van der Waals surface area contributed by atoms with E-state index in [9.17, 15) is 19.8 Å². The van der Waals surface area contributed by atoms with Crippen LogP contribution in [0, 0.1) is 0 Å². The number of methoxy groups -OCH3 is 1. The molecule has 0 aliphatic carbocycles. The van der Waals surface area contributed by atoms with Gasteiger partial charge in [-0.05, 0) is 50.3 Å². The zero-order valence-electron chi connectivity index (χ0n) is 15.7. The monoisotopic (exact) mass is 430 g/mol. The van der Waals surface area contributed by atoms with Gasteiger partial charge in [0.25, 0.3) is 0 Å². The second kappa shape index (κ2) is 9.48. The number of carbonyl (C=O) groups excluding carboxylic acids is 2. The van der Waals surface area contributed by atoms with Crippen molar-refractivity contribution in [2.45, 2.75) is 57.8 Å². The van der Waals surface area contributed by atoms with E-state index < -0.39 is 23.0 Å². The average molecular weight is 431 g/mol. The van der Waals surface area contributed by atoms with Gasteiger partial charge in [-0.1, -0.05) is 34.1 Å². The topological polar surface area (TPSA) is 93.1 Å². The lowest BCUT2D eigenvalue weighted by atomic mass is 9.75. The molecular weight excluding hydrogens is 404 g/mol. The van der Waals surface area contributed by atoms with Crippen LogP contribution < -0.4 is 0 Å². The number of rotatable bonds is 8. The van der Waals surface area contributed by atoms with E-state index >= 15 is 0 Å². The minimum Gasteiger partial charge on any atom is -0.468 e. The number of aliphatic hydroxyl groups is 2. The highest BCUT2D eigenvalue weighted by Crippen LogP contribution is 2.36. The van der Waals surface area contributed by atoms with Gasteiger partial charge in [0.1, 0.15) is 5.60 Å². The summed E-state index contributed by atoms with van der Waals surface area (Å²) in [4.78, 5) is 25.9. The number of hydrogen-bond acceptors (Lipinski definition) is 6. The molecule has 26 heavy (non-hydrogen) atoms. The van der Waals surface area contributed by atoms with Crippen LogP contribution in [0.5, 0.6) is 0 Å². The van der Waals surface area contributed by atoms with Gasteiger partial charge in [-0.2, -0.15) is 0 Å². The highest BCUT2D eigenvalue weighted by atomic mass is 79.9. The molecule has 0 fully saturated rings. The third kappa shape index (κ3) is 5.05. The quantitative estimate of drug-likeness (QED) is 0.374. The molecule has 1 aromatic carbocycles. The fraction of sp³-hybridized carbons (Fsp3) is 0.579. The van der Waals surface area contributed by atoms with Crippen molar-refractivity contribution < 1.29 is 29.3 Å². The smallest absolute Gasteiger partial charge is 0.328 e. The van der Waals surface area contributed by atoms with E-state index in [0.29, 0.717) is 28.4 Å². The number of aliphatic hydroxyl groups excluding tert-OH is 2. The molecule has 0 amide bonds. The maximum atomic E-state index is 13.1. The number of alkyl halides is 1. The van der Waals surface area contributed by atoms with E-state index in [0.717, 1.165) is 0 Å². The van der Waals surface area contributed by atoms with Gasteiger partial charge in [-0.15, -0.1) is 0 Å². The Morgan fingerprint density at radius 3 is 2.15 bits per heavy atom. The molecule has 7 heteroatoms. The zero-order valence-corrected chi connectivity index (χ0v) is 17.3. The van der Waals surface area contributed by atoms with Crippen LogP contribution in [0.1, 0.15) is 50.3 Å². The lowest BCUT2D eigenvalue weighted by Crippen LogP contribution is -2.48. The molecule has 2 N–H and O–H groups in total. The SMILES string of the molecule is COC(=O)C(CCCBr)(C(=O)OC(C)(C)C)c1ccc(CO)c(CO)c1. The van der Waals surface area contributed by atoms with Crippen molar-refractivity contribution in [2.75, 3.05) is 12.4 Å². The molecule has 0 heterocycles. The van der Waals surface area contributed by atoms with Crippen molar-refractivity contribution >= 4 is 27.9 Å². The molecule has 6 nitrogen and oxygen atoms in total. The van der Waals surface area contributed by atoms with Crippen LogP contribution in [0.3, 0.4) is 0 Å². The van der Waals surface area contributed by atoms with Crippen molar-refractivity contribution in [1.82, 2.24) is 0 Å². The first-order chi connectivity index (χ1) is 12.2. The predicted molar refractivity (Wildman–Crippen MR) is 101 cm³/mol. The van der Waals surface area contributed by atoms with E-state index in [1.165, 1.54) is 7.11 Å². The van der Waals surface area contributed by atoms with E-state index in [1.54, 1.807) is 39.0 Å². The Balaban J connectivity index is 3.60. The van der Waals surface area contributed by atoms with Crippen LogP contribution in [0.25, 0.3) is 0 Å². The van der Waals surface area contributed by atoms with Gasteiger partial charge in [0.05, 0.1) is 20.3 Å². The minimum absolute atomic E-state index is 0.184. The molecule has 1 aromatic rings. The number of benzene rings is 1. The first-order valence-corrected chi connectivity index (χ1v) is 9.50. The summed E-state index contributed by atoms with van der Waals surface area (Å²) < 4.78 is 10.5. The molecular formula is C19H27BrO6. The molecule has 0 spiro atoms. The number of esters is 2. The zero-order chi connectivity index (χ0) is 20.0. The molecule has 1 unspecified atom stereocenters. The van der Waals surface area contributed by atoms with Crippen molar-refractivity contribution in [1.29, 1.82) is 0 Å². The number of ether oxygens (including phenoxy) is 2. The fourth-order valence-electron chi connectivity index (χ4n) is 2.73. The summed E-state index contributed by atoms with van der Waals surface area (Å²) >= 11 is 3.33.